The van der Waals surface area contributed by atoms with E-state index in [0.717, 1.165) is 44.6 Å². The van der Waals surface area contributed by atoms with E-state index in [0.29, 0.717) is 10.6 Å². The van der Waals surface area contributed by atoms with Gasteiger partial charge in [-0.2, -0.15) is 0 Å². The molecule has 0 aliphatic rings. The lowest BCUT2D eigenvalue weighted by atomic mass is 10.3. The summed E-state index contributed by atoms with van der Waals surface area (Å²) in [5.74, 6) is -3.07. The third kappa shape index (κ3) is 5.53. The third-order valence-electron chi connectivity index (χ3n) is 4.14. The number of rotatable bonds is 6. The molecule has 0 atom stereocenters. The van der Waals surface area contributed by atoms with Crippen LogP contribution in [0.1, 0.15) is 17.4 Å². The Bertz CT molecular complexity index is 1310. The lowest BCUT2D eigenvalue weighted by Gasteiger charge is -2.07. The number of halogens is 2. The van der Waals surface area contributed by atoms with Crippen LogP contribution in [-0.2, 0) is 20.9 Å². The molecule has 0 unspecified atom stereocenters. The fourth-order valence-corrected chi connectivity index (χ4v) is 4.60. The summed E-state index contributed by atoms with van der Waals surface area (Å²) in [6.45, 7) is 3.25. The number of nitrogens with one attached hydrogen (secondary N) is 1. The molecular formula is C21H18F2N2O4S2. The molecule has 1 N–H and O–H groups in total. The Morgan fingerprint density at radius 3 is 2.68 bits per heavy atom. The maximum atomic E-state index is 13.8. The molecule has 0 bridgehead atoms. The molecule has 0 spiro atoms. The number of aryl methyl sites for hydroxylation is 1. The minimum absolute atomic E-state index is 0.155. The van der Waals surface area contributed by atoms with Crippen LogP contribution in [0.5, 0.6) is 0 Å². The first-order valence-electron chi connectivity index (χ1n) is 9.17. The molecule has 162 valence electrons. The van der Waals surface area contributed by atoms with Crippen molar-refractivity contribution in [3.63, 3.8) is 0 Å². The van der Waals surface area contributed by atoms with Crippen molar-refractivity contribution in [2.45, 2.75) is 20.4 Å². The van der Waals surface area contributed by atoms with Gasteiger partial charge in [0, 0.05) is 10.9 Å². The van der Waals surface area contributed by atoms with E-state index >= 15 is 0 Å². The van der Waals surface area contributed by atoms with E-state index < -0.39 is 35.6 Å². The topological polar surface area (TPSA) is 77.4 Å². The van der Waals surface area contributed by atoms with Crippen LogP contribution in [-0.4, -0.2) is 23.1 Å². The number of benzene rings is 1. The number of thiazole rings is 1. The summed E-state index contributed by atoms with van der Waals surface area (Å²) < 4.78 is 33.5. The number of anilines is 1. The maximum absolute atomic E-state index is 13.8. The molecule has 3 rings (SSSR count). The van der Waals surface area contributed by atoms with Gasteiger partial charge in [0.2, 0.25) is 5.91 Å². The molecule has 10 heteroatoms. The molecule has 2 heterocycles. The molecule has 6 nitrogen and oxygen atoms in total. The average Bonchev–Trinajstić information content (AvgIpc) is 3.23. The Labute approximate surface area is 183 Å². The monoisotopic (exact) mass is 464 g/mol. The Balaban J connectivity index is 2.00. The summed E-state index contributed by atoms with van der Waals surface area (Å²) in [5.41, 5.74) is 0.305. The molecule has 1 aromatic carbocycles. The van der Waals surface area contributed by atoms with Crippen LogP contribution in [0.2, 0.25) is 0 Å². The number of hydrogen-bond donors (Lipinski definition) is 1. The second-order valence-corrected chi connectivity index (χ2v) is 8.39. The Kier molecular flexibility index (Phi) is 7.13. The zero-order valence-corrected chi connectivity index (χ0v) is 18.2. The summed E-state index contributed by atoms with van der Waals surface area (Å²) in [4.78, 5) is 38.2. The van der Waals surface area contributed by atoms with Crippen molar-refractivity contribution in [3.8, 4) is 0 Å². The first-order chi connectivity index (χ1) is 14.8. The number of carbonyl (C=O) groups is 2. The van der Waals surface area contributed by atoms with Crippen molar-refractivity contribution >= 4 is 52.4 Å². The highest BCUT2D eigenvalue weighted by atomic mass is 32.1. The molecule has 1 amide bonds. The van der Waals surface area contributed by atoms with Gasteiger partial charge in [-0.15, -0.1) is 22.7 Å². The highest BCUT2D eigenvalue weighted by molar-refractivity contribution is 7.11. The van der Waals surface area contributed by atoms with Gasteiger partial charge in [0.15, 0.2) is 0 Å². The van der Waals surface area contributed by atoms with Crippen molar-refractivity contribution in [2.75, 3.05) is 11.9 Å². The van der Waals surface area contributed by atoms with E-state index in [1.165, 1.54) is 11.3 Å². The number of carbonyl (C=O) groups excluding carboxylic acids is 2. The van der Waals surface area contributed by atoms with E-state index in [9.17, 15) is 23.2 Å². The minimum atomic E-state index is -0.938. The lowest BCUT2D eigenvalue weighted by Crippen LogP contribution is -2.36. The highest BCUT2D eigenvalue weighted by Gasteiger charge is 2.13. The SMILES string of the molecule is CCOC(=O)/C=c1\s/c(=C/c2sccc2C)c(=O)n1CC(=O)Nc1ccc(F)cc1F. The predicted octanol–water partition coefficient (Wildman–Crippen LogP) is 2.37. The minimum Gasteiger partial charge on any atom is -0.463 e. The number of aromatic nitrogens is 1. The van der Waals surface area contributed by atoms with Crippen LogP contribution < -0.4 is 20.1 Å². The smallest absolute Gasteiger partial charge is 0.333 e. The maximum Gasteiger partial charge on any atom is 0.333 e. The van der Waals surface area contributed by atoms with Crippen molar-refractivity contribution < 1.29 is 23.1 Å². The van der Waals surface area contributed by atoms with Gasteiger partial charge in [0.25, 0.3) is 5.56 Å². The molecule has 2 aromatic heterocycles. The first-order valence-corrected chi connectivity index (χ1v) is 10.9. The molecular weight excluding hydrogens is 446 g/mol. The van der Waals surface area contributed by atoms with Crippen LogP contribution >= 0.6 is 22.7 Å². The van der Waals surface area contributed by atoms with E-state index in [4.69, 9.17) is 4.74 Å². The Morgan fingerprint density at radius 1 is 1.26 bits per heavy atom. The fraction of sp³-hybridized carbons (Fsp3) is 0.190. The van der Waals surface area contributed by atoms with Crippen LogP contribution in [0.3, 0.4) is 0 Å². The molecule has 31 heavy (non-hydrogen) atoms. The standard InChI is InChI=1S/C21H18F2N2O4S2/c1-3-29-20(27)10-19-25(11-18(26)24-15-5-4-13(22)8-14(15)23)21(28)17(31-19)9-16-12(2)6-7-30-16/h4-10H,3,11H2,1-2H3,(H,24,26)/b17-9+,19-10-. The van der Waals surface area contributed by atoms with E-state index in [1.807, 2.05) is 18.4 Å². The second kappa shape index (κ2) is 9.80. The zero-order chi connectivity index (χ0) is 22.5. The summed E-state index contributed by atoms with van der Waals surface area (Å²) in [6, 6.07) is 4.65. The number of nitrogens with zero attached hydrogens (tertiary/aromatic N) is 1. The van der Waals surface area contributed by atoms with Crippen LogP contribution in [0.25, 0.3) is 12.2 Å². The summed E-state index contributed by atoms with van der Waals surface area (Å²) in [6.07, 6.45) is 2.84. The average molecular weight is 465 g/mol. The zero-order valence-electron chi connectivity index (χ0n) is 16.6. The van der Waals surface area contributed by atoms with E-state index in [-0.39, 0.29) is 17.0 Å². The van der Waals surface area contributed by atoms with Gasteiger partial charge >= 0.3 is 5.97 Å². The summed E-state index contributed by atoms with van der Waals surface area (Å²) in [7, 11) is 0. The van der Waals surface area contributed by atoms with Gasteiger partial charge in [-0.1, -0.05) is 0 Å². The van der Waals surface area contributed by atoms with Crippen LogP contribution in [0, 0.1) is 18.6 Å². The van der Waals surface area contributed by atoms with Gasteiger partial charge in [0.1, 0.15) is 22.8 Å². The van der Waals surface area contributed by atoms with Gasteiger partial charge in [0.05, 0.1) is 22.9 Å². The molecule has 0 saturated heterocycles. The van der Waals surface area contributed by atoms with Crippen molar-refractivity contribution in [3.05, 3.63) is 71.3 Å². The quantitative estimate of drug-likeness (QED) is 0.569. The molecule has 0 radical (unpaired) electrons. The normalized spacial score (nSPS) is 12.3. The van der Waals surface area contributed by atoms with Gasteiger partial charge in [-0.3, -0.25) is 14.2 Å². The molecule has 0 aliphatic carbocycles. The van der Waals surface area contributed by atoms with E-state index in [1.54, 1.807) is 13.0 Å². The lowest BCUT2D eigenvalue weighted by molar-refractivity contribution is -0.135. The number of hydrogen-bond acceptors (Lipinski definition) is 6. The van der Waals surface area contributed by atoms with Gasteiger partial charge in [-0.25, -0.2) is 13.6 Å². The van der Waals surface area contributed by atoms with Crippen LogP contribution in [0.15, 0.2) is 34.4 Å². The molecule has 0 saturated carbocycles. The van der Waals surface area contributed by atoms with Crippen molar-refractivity contribution in [1.82, 2.24) is 4.57 Å². The summed E-state index contributed by atoms with van der Waals surface area (Å²) in [5, 5.41) is 4.20. The number of thiophene rings is 1. The molecule has 0 aliphatic heterocycles. The summed E-state index contributed by atoms with van der Waals surface area (Å²) >= 11 is 2.50. The van der Waals surface area contributed by atoms with Gasteiger partial charge < -0.3 is 10.1 Å². The first kappa shape index (κ1) is 22.6. The Hall–Kier alpha value is -3.11. The van der Waals surface area contributed by atoms with Gasteiger partial charge in [-0.05, 0) is 49.1 Å². The predicted molar refractivity (Wildman–Crippen MR) is 117 cm³/mol. The Morgan fingerprint density at radius 2 is 2.03 bits per heavy atom. The second-order valence-electron chi connectivity index (χ2n) is 6.38. The molecule has 3 aromatic rings. The van der Waals surface area contributed by atoms with E-state index in [2.05, 4.69) is 5.32 Å². The van der Waals surface area contributed by atoms with Crippen LogP contribution in [0.4, 0.5) is 14.5 Å². The van der Waals surface area contributed by atoms with Crippen molar-refractivity contribution in [2.24, 2.45) is 0 Å². The fourth-order valence-electron chi connectivity index (χ4n) is 2.65. The highest BCUT2D eigenvalue weighted by Crippen LogP contribution is 2.16. The third-order valence-corrected chi connectivity index (χ3v) is 6.16. The molecule has 0 fully saturated rings. The van der Waals surface area contributed by atoms with Crippen molar-refractivity contribution in [1.29, 1.82) is 0 Å². The number of amides is 1. The largest absolute Gasteiger partial charge is 0.463 e. The number of esters is 1. The number of ether oxygens (including phenoxy) is 1.